The molecule has 6 nitrogen and oxygen atoms in total. The number of amides is 1. The lowest BCUT2D eigenvalue weighted by molar-refractivity contribution is -0.184. The number of hydrogen-bond donors (Lipinski definition) is 1. The predicted octanol–water partition coefficient (Wildman–Crippen LogP) is 4.03. The van der Waals surface area contributed by atoms with Gasteiger partial charge in [-0.15, -0.1) is 0 Å². The first kappa shape index (κ1) is 26.4. The van der Waals surface area contributed by atoms with E-state index in [4.69, 9.17) is 21.1 Å². The third-order valence-electron chi connectivity index (χ3n) is 6.43. The number of aldehydes is 1. The van der Waals surface area contributed by atoms with Gasteiger partial charge in [0.1, 0.15) is 12.0 Å². The molecule has 1 aromatic rings. The van der Waals surface area contributed by atoms with Crippen LogP contribution >= 0.6 is 11.6 Å². The largest absolute Gasteiger partial charge is 0.491 e. The summed E-state index contributed by atoms with van der Waals surface area (Å²) in [6.07, 6.45) is 0.956. The van der Waals surface area contributed by atoms with Crippen molar-refractivity contribution in [2.45, 2.75) is 45.2 Å². The lowest BCUT2D eigenvalue weighted by atomic mass is 9.82. The highest BCUT2D eigenvalue weighted by molar-refractivity contribution is 6.30. The number of hydrogen-bond acceptors (Lipinski definition) is 5. The SMILES string of the molecule is Cc1ncc(Cl)cc1OCC12CC1CN(C)C2.NC=O.O=CC1CCC(C(F)(F)F)CC1. The standard InChI is InChI=1S/C13H17ClN2O.C8H11F3O.CH3NO/c1-9-12(3-11(14)5-15-9)17-8-13-4-10(13)6-16(2)7-13;9-8(10,11)7-3-1-6(5-12)2-4-7;2-1-3/h3,5,10H,4,6-8H2,1-2H3;5-7H,1-4H2;1H,(H2,2,3). The van der Waals surface area contributed by atoms with Crippen LogP contribution in [-0.2, 0) is 9.59 Å². The number of nitrogens with two attached hydrogens (primary N) is 1. The van der Waals surface area contributed by atoms with Crippen molar-refractivity contribution in [3.63, 3.8) is 0 Å². The van der Waals surface area contributed by atoms with E-state index in [0.717, 1.165) is 36.8 Å². The number of aromatic nitrogens is 1. The molecule has 0 aromatic carbocycles. The molecule has 2 aliphatic carbocycles. The zero-order chi connectivity index (χ0) is 23.9. The molecule has 32 heavy (non-hydrogen) atoms. The van der Waals surface area contributed by atoms with Crippen molar-refractivity contribution in [2.24, 2.45) is 28.9 Å². The number of fused-ring (bicyclic) bond motifs is 1. The van der Waals surface area contributed by atoms with E-state index >= 15 is 0 Å². The Morgan fingerprint density at radius 2 is 1.94 bits per heavy atom. The van der Waals surface area contributed by atoms with Gasteiger partial charge in [0.15, 0.2) is 0 Å². The molecule has 1 aromatic heterocycles. The highest BCUT2D eigenvalue weighted by Crippen LogP contribution is 2.57. The molecule has 4 rings (SSSR count). The number of nitrogens with zero attached hydrogens (tertiary/aromatic N) is 2. The maximum Gasteiger partial charge on any atom is 0.391 e. The Balaban J connectivity index is 0.000000213. The van der Waals surface area contributed by atoms with Crippen molar-refractivity contribution >= 4 is 24.3 Å². The highest BCUT2D eigenvalue weighted by atomic mass is 35.5. The molecule has 3 fully saturated rings. The van der Waals surface area contributed by atoms with Gasteiger partial charge < -0.3 is 20.2 Å². The summed E-state index contributed by atoms with van der Waals surface area (Å²) in [5.41, 5.74) is 5.48. The predicted molar refractivity (Wildman–Crippen MR) is 115 cm³/mol. The van der Waals surface area contributed by atoms with Crippen LogP contribution in [0, 0.1) is 30.1 Å². The molecule has 1 saturated heterocycles. The molecule has 2 atom stereocenters. The lowest BCUT2D eigenvalue weighted by Crippen LogP contribution is -2.28. The van der Waals surface area contributed by atoms with Gasteiger partial charge in [0.2, 0.25) is 6.41 Å². The van der Waals surface area contributed by atoms with Gasteiger partial charge in [-0.25, -0.2) is 0 Å². The Morgan fingerprint density at radius 1 is 1.31 bits per heavy atom. The Labute approximate surface area is 191 Å². The van der Waals surface area contributed by atoms with Crippen LogP contribution in [0.2, 0.25) is 5.02 Å². The molecule has 1 aliphatic heterocycles. The van der Waals surface area contributed by atoms with Crippen LogP contribution in [0.5, 0.6) is 5.75 Å². The van der Waals surface area contributed by atoms with Crippen LogP contribution in [0.3, 0.4) is 0 Å². The third kappa shape index (κ3) is 7.33. The van der Waals surface area contributed by atoms with Crippen LogP contribution in [0.25, 0.3) is 0 Å². The number of ether oxygens (including phenoxy) is 1. The molecular weight excluding hydrogens is 447 g/mol. The summed E-state index contributed by atoms with van der Waals surface area (Å²) >= 11 is 5.93. The fourth-order valence-corrected chi connectivity index (χ4v) is 4.67. The lowest BCUT2D eigenvalue weighted by Gasteiger charge is -2.26. The van der Waals surface area contributed by atoms with E-state index in [-0.39, 0.29) is 25.2 Å². The van der Waals surface area contributed by atoms with E-state index in [2.05, 4.69) is 22.7 Å². The molecule has 0 spiro atoms. The van der Waals surface area contributed by atoms with Crippen LogP contribution in [0.1, 0.15) is 37.8 Å². The molecule has 0 bridgehead atoms. The second kappa shape index (κ2) is 11.3. The maximum atomic E-state index is 12.1. The van der Waals surface area contributed by atoms with Crippen molar-refractivity contribution in [1.29, 1.82) is 0 Å². The van der Waals surface area contributed by atoms with Crippen molar-refractivity contribution in [1.82, 2.24) is 9.88 Å². The summed E-state index contributed by atoms with van der Waals surface area (Å²) in [6.45, 7) is 5.13. The quantitative estimate of drug-likeness (QED) is 0.662. The van der Waals surface area contributed by atoms with E-state index in [0.29, 0.717) is 23.3 Å². The minimum atomic E-state index is -4.06. The molecule has 10 heteroatoms. The van der Waals surface area contributed by atoms with Crippen molar-refractivity contribution < 1.29 is 27.5 Å². The van der Waals surface area contributed by atoms with E-state index < -0.39 is 12.1 Å². The summed E-state index contributed by atoms with van der Waals surface area (Å²) in [7, 11) is 2.18. The minimum absolute atomic E-state index is 0.118. The summed E-state index contributed by atoms with van der Waals surface area (Å²) < 4.78 is 42.2. The monoisotopic (exact) mass is 477 g/mol. The van der Waals surface area contributed by atoms with Crippen molar-refractivity contribution in [3.05, 3.63) is 23.0 Å². The molecule has 180 valence electrons. The number of likely N-dealkylation sites (tertiary alicyclic amines) is 1. The summed E-state index contributed by atoms with van der Waals surface area (Å²) in [6, 6.07) is 1.86. The van der Waals surface area contributed by atoms with Gasteiger partial charge in [0, 0.05) is 36.7 Å². The Kier molecular flexibility index (Phi) is 9.33. The number of rotatable bonds is 4. The van der Waals surface area contributed by atoms with Gasteiger partial charge >= 0.3 is 6.18 Å². The number of carbonyl (C=O) groups is 2. The molecule has 2 heterocycles. The zero-order valence-corrected chi connectivity index (χ0v) is 19.2. The first-order chi connectivity index (χ1) is 15.0. The number of primary amides is 1. The van der Waals surface area contributed by atoms with Gasteiger partial charge in [-0.3, -0.25) is 9.78 Å². The average Bonchev–Trinajstić information content (AvgIpc) is 3.30. The maximum absolute atomic E-state index is 12.1. The van der Waals surface area contributed by atoms with E-state index in [1.165, 1.54) is 13.0 Å². The number of pyridine rings is 1. The van der Waals surface area contributed by atoms with E-state index in [1.54, 1.807) is 6.20 Å². The third-order valence-corrected chi connectivity index (χ3v) is 6.63. The molecular formula is C22H31ClF3N3O3. The molecule has 3 aliphatic rings. The Bertz CT molecular complexity index is 773. The fourth-order valence-electron chi connectivity index (χ4n) is 4.52. The summed E-state index contributed by atoms with van der Waals surface area (Å²) in [4.78, 5) is 25.4. The minimum Gasteiger partial charge on any atom is -0.491 e. The second-order valence-electron chi connectivity index (χ2n) is 8.91. The summed E-state index contributed by atoms with van der Waals surface area (Å²) in [5, 5.41) is 0.638. The number of carbonyl (C=O) groups excluding carboxylic acids is 2. The van der Waals surface area contributed by atoms with Crippen LogP contribution < -0.4 is 10.5 Å². The van der Waals surface area contributed by atoms with Gasteiger partial charge in [-0.05, 0) is 52.0 Å². The molecule has 2 saturated carbocycles. The molecule has 2 unspecified atom stereocenters. The number of alkyl halides is 3. The fraction of sp³-hybridized carbons (Fsp3) is 0.682. The first-order valence-electron chi connectivity index (χ1n) is 10.7. The van der Waals surface area contributed by atoms with Gasteiger partial charge in [0.25, 0.3) is 0 Å². The highest BCUT2D eigenvalue weighted by Gasteiger charge is 2.59. The topological polar surface area (TPSA) is 85.5 Å². The van der Waals surface area contributed by atoms with Crippen molar-refractivity contribution in [2.75, 3.05) is 26.7 Å². The van der Waals surface area contributed by atoms with E-state index in [9.17, 15) is 18.0 Å². The van der Waals surface area contributed by atoms with Gasteiger partial charge in [-0.2, -0.15) is 13.2 Å². The van der Waals surface area contributed by atoms with Gasteiger partial charge in [-0.1, -0.05) is 11.6 Å². The van der Waals surface area contributed by atoms with Crippen molar-refractivity contribution in [3.8, 4) is 5.75 Å². The van der Waals surface area contributed by atoms with E-state index in [1.807, 2.05) is 13.0 Å². The smallest absolute Gasteiger partial charge is 0.391 e. The van der Waals surface area contributed by atoms with Crippen LogP contribution in [0.15, 0.2) is 12.3 Å². The number of aryl methyl sites for hydroxylation is 1. The normalized spacial score (nSPS) is 28.9. The first-order valence-corrected chi connectivity index (χ1v) is 11.0. The number of piperidine rings is 1. The Hall–Kier alpha value is -1.87. The summed E-state index contributed by atoms with van der Waals surface area (Å²) in [5.74, 6) is 0.351. The molecule has 2 N–H and O–H groups in total. The second-order valence-corrected chi connectivity index (χ2v) is 9.35. The molecule has 1 amide bonds. The molecule has 0 radical (unpaired) electrons. The van der Waals surface area contributed by atoms with Crippen LogP contribution in [-0.4, -0.2) is 55.5 Å². The van der Waals surface area contributed by atoms with Crippen LogP contribution in [0.4, 0.5) is 13.2 Å². The Morgan fingerprint density at radius 3 is 2.44 bits per heavy atom. The zero-order valence-electron chi connectivity index (χ0n) is 18.4. The average molecular weight is 478 g/mol. The van der Waals surface area contributed by atoms with Gasteiger partial charge in [0.05, 0.1) is 23.2 Å². The number of halogens is 4.